The third-order valence-electron chi connectivity index (χ3n) is 2.03. The van der Waals surface area contributed by atoms with Crippen LogP contribution in [0.5, 0.6) is 0 Å². The molecule has 0 aliphatic carbocycles. The highest BCUT2D eigenvalue weighted by atomic mass is 32.2. The molecule has 1 aliphatic rings. The quantitative estimate of drug-likeness (QED) is 0.342. The average molecular weight is 243 g/mol. The van der Waals surface area contributed by atoms with Crippen LogP contribution in [-0.2, 0) is 0 Å². The maximum Gasteiger partial charge on any atom is 0.191 e. The minimum absolute atomic E-state index is 0.691. The molecule has 5 heteroatoms. The number of nitrogens with zero attached hydrogens (tertiary/aromatic N) is 2. The highest BCUT2D eigenvalue weighted by molar-refractivity contribution is 7.99. The molecule has 1 heterocycles. The van der Waals surface area contributed by atoms with Crippen LogP contribution in [0.25, 0.3) is 0 Å². The summed E-state index contributed by atoms with van der Waals surface area (Å²) in [7, 11) is 0. The lowest BCUT2D eigenvalue weighted by Gasteiger charge is -2.27. The van der Waals surface area contributed by atoms with Crippen molar-refractivity contribution in [3.05, 3.63) is 0 Å². The second kappa shape index (κ2) is 7.77. The zero-order valence-corrected chi connectivity index (χ0v) is 10.4. The van der Waals surface area contributed by atoms with Crippen molar-refractivity contribution < 1.29 is 0 Å². The maximum atomic E-state index is 5.88. The topological polar surface area (TPSA) is 41.6 Å². The molecule has 1 fully saturated rings. The lowest BCUT2D eigenvalue weighted by molar-refractivity contribution is 0.456. The summed E-state index contributed by atoms with van der Waals surface area (Å²) in [6, 6.07) is 0. The van der Waals surface area contributed by atoms with E-state index in [1.807, 2.05) is 11.8 Å². The summed E-state index contributed by atoms with van der Waals surface area (Å²) >= 11 is 3.69. The number of hydrogen-bond acceptors (Lipinski definition) is 3. The molecule has 0 bridgehead atoms. The van der Waals surface area contributed by atoms with Crippen molar-refractivity contribution in [3.63, 3.8) is 0 Å². The first kappa shape index (κ1) is 12.6. The Balaban J connectivity index is 2.17. The Kier molecular flexibility index (Phi) is 6.53. The lowest BCUT2D eigenvalue weighted by atomic mass is 10.5. The minimum Gasteiger partial charge on any atom is -0.370 e. The molecule has 2 N–H and O–H groups in total. The van der Waals surface area contributed by atoms with Gasteiger partial charge >= 0.3 is 0 Å². The zero-order valence-electron chi connectivity index (χ0n) is 8.82. The second-order valence-corrected chi connectivity index (χ2v) is 5.43. The molecule has 0 radical (unpaired) electrons. The van der Waals surface area contributed by atoms with E-state index in [1.54, 1.807) is 11.8 Å². The van der Waals surface area contributed by atoms with E-state index in [2.05, 4.69) is 15.8 Å². The van der Waals surface area contributed by atoms with Crippen LogP contribution in [-0.4, -0.2) is 53.5 Å². The highest BCUT2D eigenvalue weighted by Crippen LogP contribution is 2.08. The molecule has 0 unspecified atom stereocenters. The second-order valence-electron chi connectivity index (χ2n) is 3.10. The van der Waals surface area contributed by atoms with Gasteiger partial charge in [0, 0.05) is 30.3 Å². The van der Waals surface area contributed by atoms with Gasteiger partial charge in [0.1, 0.15) is 0 Å². The molecule has 15 heavy (non-hydrogen) atoms. The Hall–Kier alpha value is -0.470. The van der Waals surface area contributed by atoms with Crippen molar-refractivity contribution in [1.82, 2.24) is 4.90 Å². The predicted octanol–water partition coefficient (Wildman–Crippen LogP) is 0.716. The van der Waals surface area contributed by atoms with Gasteiger partial charge in [-0.1, -0.05) is 5.92 Å². The SMILES string of the molecule is C#CCSCCN=C(N)N1CCSCC1. The number of terminal acetylenes is 1. The molecular formula is C10H17N3S2. The number of thioether (sulfide) groups is 2. The van der Waals surface area contributed by atoms with Gasteiger partial charge in [0.05, 0.1) is 12.3 Å². The Morgan fingerprint density at radius 3 is 2.93 bits per heavy atom. The van der Waals surface area contributed by atoms with Crippen LogP contribution in [0.4, 0.5) is 0 Å². The van der Waals surface area contributed by atoms with Crippen LogP contribution in [0.3, 0.4) is 0 Å². The molecule has 1 rings (SSSR count). The molecule has 0 spiro atoms. The summed E-state index contributed by atoms with van der Waals surface area (Å²) in [5.74, 6) is 7.30. The highest BCUT2D eigenvalue weighted by Gasteiger charge is 2.11. The Morgan fingerprint density at radius 1 is 1.53 bits per heavy atom. The van der Waals surface area contributed by atoms with Crippen molar-refractivity contribution in [3.8, 4) is 12.3 Å². The van der Waals surface area contributed by atoms with Crippen molar-refractivity contribution in [2.45, 2.75) is 0 Å². The third kappa shape index (κ3) is 5.24. The van der Waals surface area contributed by atoms with E-state index in [0.717, 1.165) is 42.6 Å². The van der Waals surface area contributed by atoms with Crippen molar-refractivity contribution in [1.29, 1.82) is 0 Å². The van der Waals surface area contributed by atoms with Crippen molar-refractivity contribution in [2.24, 2.45) is 10.7 Å². The maximum absolute atomic E-state index is 5.88. The molecule has 0 aromatic heterocycles. The van der Waals surface area contributed by atoms with Crippen LogP contribution < -0.4 is 5.73 Å². The Labute approximate surface area is 100 Å². The molecule has 1 saturated heterocycles. The van der Waals surface area contributed by atoms with Crippen LogP contribution >= 0.6 is 23.5 Å². The van der Waals surface area contributed by atoms with E-state index in [0.29, 0.717) is 5.96 Å². The Bertz CT molecular complexity index is 242. The summed E-state index contributed by atoms with van der Waals surface area (Å²) in [6.45, 7) is 2.82. The smallest absolute Gasteiger partial charge is 0.191 e. The van der Waals surface area contributed by atoms with Gasteiger partial charge in [0.2, 0.25) is 0 Å². The summed E-state index contributed by atoms with van der Waals surface area (Å²) in [5.41, 5.74) is 5.88. The minimum atomic E-state index is 0.691. The van der Waals surface area contributed by atoms with Gasteiger partial charge < -0.3 is 10.6 Å². The van der Waals surface area contributed by atoms with Crippen LogP contribution in [0.2, 0.25) is 0 Å². The number of rotatable bonds is 4. The molecule has 0 aromatic rings. The van der Waals surface area contributed by atoms with Crippen LogP contribution in [0.15, 0.2) is 4.99 Å². The summed E-state index contributed by atoms with van der Waals surface area (Å²) in [4.78, 5) is 6.50. The standard InChI is InChI=1S/C10H17N3S2/c1-2-6-14-7-3-12-10(11)13-4-8-15-9-5-13/h1H,3-9H2,(H2,11,12). The van der Waals surface area contributed by atoms with Gasteiger partial charge in [-0.15, -0.1) is 18.2 Å². The zero-order chi connectivity index (χ0) is 10.9. The van der Waals surface area contributed by atoms with Crippen molar-refractivity contribution in [2.75, 3.05) is 42.6 Å². The fourth-order valence-electron chi connectivity index (χ4n) is 1.25. The van der Waals surface area contributed by atoms with Gasteiger partial charge in [0.25, 0.3) is 0 Å². The number of hydrogen-bond donors (Lipinski definition) is 1. The number of guanidine groups is 1. The van der Waals surface area contributed by atoms with E-state index in [4.69, 9.17) is 12.2 Å². The van der Waals surface area contributed by atoms with Crippen LogP contribution in [0.1, 0.15) is 0 Å². The summed E-state index contributed by atoms with van der Waals surface area (Å²) < 4.78 is 0. The van der Waals surface area contributed by atoms with E-state index >= 15 is 0 Å². The number of aliphatic imine (C=N–C) groups is 1. The molecule has 0 saturated carbocycles. The van der Waals surface area contributed by atoms with Gasteiger partial charge in [0.15, 0.2) is 5.96 Å². The fourth-order valence-corrected chi connectivity index (χ4v) is 2.63. The summed E-state index contributed by atoms with van der Waals surface area (Å²) in [6.07, 6.45) is 5.15. The average Bonchev–Trinajstić information content (AvgIpc) is 2.30. The molecule has 3 nitrogen and oxygen atoms in total. The normalized spacial score (nSPS) is 17.5. The predicted molar refractivity (Wildman–Crippen MR) is 71.5 cm³/mol. The number of nitrogens with two attached hydrogens (primary N) is 1. The molecule has 84 valence electrons. The molecule has 0 amide bonds. The van der Waals surface area contributed by atoms with E-state index in [9.17, 15) is 0 Å². The van der Waals surface area contributed by atoms with E-state index in [-0.39, 0.29) is 0 Å². The molecule has 0 aromatic carbocycles. The summed E-state index contributed by atoms with van der Waals surface area (Å²) in [5, 5.41) is 0. The largest absolute Gasteiger partial charge is 0.370 e. The third-order valence-corrected chi connectivity index (χ3v) is 3.81. The molecule has 1 aliphatic heterocycles. The Morgan fingerprint density at radius 2 is 2.27 bits per heavy atom. The fraction of sp³-hybridized carbons (Fsp3) is 0.700. The first-order valence-corrected chi connectivity index (χ1v) is 7.29. The van der Waals surface area contributed by atoms with Crippen LogP contribution in [0, 0.1) is 12.3 Å². The monoisotopic (exact) mass is 243 g/mol. The first-order valence-electron chi connectivity index (χ1n) is 4.98. The van der Waals surface area contributed by atoms with Crippen molar-refractivity contribution >= 4 is 29.5 Å². The van der Waals surface area contributed by atoms with Gasteiger partial charge in [-0.2, -0.15) is 11.8 Å². The van der Waals surface area contributed by atoms with E-state index in [1.165, 1.54) is 0 Å². The molecule has 0 atom stereocenters. The van der Waals surface area contributed by atoms with Gasteiger partial charge in [-0.3, -0.25) is 4.99 Å². The molecular weight excluding hydrogens is 226 g/mol. The van der Waals surface area contributed by atoms with Gasteiger partial charge in [-0.05, 0) is 0 Å². The van der Waals surface area contributed by atoms with E-state index < -0.39 is 0 Å². The van der Waals surface area contributed by atoms with Gasteiger partial charge in [-0.25, -0.2) is 0 Å². The first-order chi connectivity index (χ1) is 7.34. The lowest BCUT2D eigenvalue weighted by Crippen LogP contribution is -2.42.